The lowest BCUT2D eigenvalue weighted by Gasteiger charge is -2.07. The molecule has 0 unspecified atom stereocenters. The molecule has 0 atom stereocenters. The van der Waals surface area contributed by atoms with E-state index < -0.39 is 12.1 Å². The van der Waals surface area contributed by atoms with Crippen molar-refractivity contribution in [3.05, 3.63) is 35.0 Å². The third-order valence-corrected chi connectivity index (χ3v) is 2.09. The van der Waals surface area contributed by atoms with Crippen molar-refractivity contribution in [1.29, 1.82) is 0 Å². The number of amides is 1. The number of anilines is 1. The highest BCUT2D eigenvalue weighted by Crippen LogP contribution is 2.17. The van der Waals surface area contributed by atoms with E-state index in [2.05, 4.69) is 37.5 Å². The number of hydrogen-bond acceptors (Lipinski definition) is 4. The van der Waals surface area contributed by atoms with Gasteiger partial charge in [-0.1, -0.05) is 12.7 Å². The molecule has 1 aromatic heterocycles. The van der Waals surface area contributed by atoms with Crippen molar-refractivity contribution in [1.82, 2.24) is 4.98 Å². The van der Waals surface area contributed by atoms with Crippen molar-refractivity contribution in [2.24, 2.45) is 0 Å². The van der Waals surface area contributed by atoms with Crippen LogP contribution in [0.3, 0.4) is 0 Å². The Labute approximate surface area is 105 Å². The lowest BCUT2D eigenvalue weighted by molar-refractivity contribution is 0.0697. The number of carbonyl (C=O) groups excluding carboxylic acids is 1. The van der Waals surface area contributed by atoms with Gasteiger partial charge in [-0.2, -0.15) is 0 Å². The highest BCUT2D eigenvalue weighted by atomic mass is 79.9. The minimum atomic E-state index is -1.19. The molecule has 0 aliphatic carbocycles. The fourth-order valence-electron chi connectivity index (χ4n) is 0.971. The van der Waals surface area contributed by atoms with Crippen molar-refractivity contribution >= 4 is 33.8 Å². The minimum absolute atomic E-state index is 0.0300. The zero-order chi connectivity index (χ0) is 12.8. The number of nitrogens with zero attached hydrogens (tertiary/aromatic N) is 1. The van der Waals surface area contributed by atoms with E-state index in [0.717, 1.165) is 0 Å². The molecule has 0 saturated carbocycles. The third-order valence-electron chi connectivity index (χ3n) is 1.64. The average Bonchev–Trinajstić information content (AvgIpc) is 2.26. The molecule has 1 amide bonds. The van der Waals surface area contributed by atoms with Gasteiger partial charge in [0.1, 0.15) is 16.8 Å². The largest absolute Gasteiger partial charge is 0.478 e. The van der Waals surface area contributed by atoms with Gasteiger partial charge in [0.2, 0.25) is 0 Å². The van der Waals surface area contributed by atoms with E-state index in [0.29, 0.717) is 4.60 Å². The maximum absolute atomic E-state index is 11.2. The van der Waals surface area contributed by atoms with Gasteiger partial charge in [0.15, 0.2) is 5.82 Å². The van der Waals surface area contributed by atoms with Crippen molar-refractivity contribution < 1.29 is 19.4 Å². The summed E-state index contributed by atoms with van der Waals surface area (Å²) in [7, 11) is 0. The molecule has 0 spiro atoms. The zero-order valence-corrected chi connectivity index (χ0v) is 10.2. The molecule has 0 saturated heterocycles. The maximum atomic E-state index is 11.2. The number of ether oxygens (including phenoxy) is 1. The van der Waals surface area contributed by atoms with Gasteiger partial charge in [0, 0.05) is 0 Å². The number of pyridine rings is 1. The molecule has 17 heavy (non-hydrogen) atoms. The summed E-state index contributed by atoms with van der Waals surface area (Å²) >= 11 is 3.08. The molecule has 0 aliphatic rings. The van der Waals surface area contributed by atoms with E-state index in [4.69, 9.17) is 5.11 Å². The van der Waals surface area contributed by atoms with Gasteiger partial charge < -0.3 is 9.84 Å². The second-order valence-electron chi connectivity index (χ2n) is 2.85. The van der Waals surface area contributed by atoms with Crippen molar-refractivity contribution in [2.45, 2.75) is 0 Å². The molecule has 0 bridgehead atoms. The van der Waals surface area contributed by atoms with Crippen LogP contribution in [0.4, 0.5) is 10.6 Å². The number of hydrogen-bond donors (Lipinski definition) is 2. The first-order valence-corrected chi connectivity index (χ1v) is 5.28. The maximum Gasteiger partial charge on any atom is 0.413 e. The van der Waals surface area contributed by atoms with E-state index in [1.54, 1.807) is 0 Å². The number of aromatic carboxylic acids is 1. The van der Waals surface area contributed by atoms with Crippen LogP contribution >= 0.6 is 15.9 Å². The molecule has 6 nitrogen and oxygen atoms in total. The lowest BCUT2D eigenvalue weighted by Crippen LogP contribution is -2.17. The molecule has 90 valence electrons. The van der Waals surface area contributed by atoms with Crippen LogP contribution in [0.15, 0.2) is 29.4 Å². The highest BCUT2D eigenvalue weighted by molar-refractivity contribution is 9.10. The Bertz CT molecular complexity index is 462. The SMILES string of the molecule is C=CCOC(=O)Nc1nc(Br)ccc1C(=O)O. The number of carboxylic acid groups (broad SMARTS) is 1. The van der Waals surface area contributed by atoms with Gasteiger partial charge in [0.05, 0.1) is 0 Å². The Balaban J connectivity index is 2.88. The molecule has 0 aromatic carbocycles. The Kier molecular flexibility index (Phi) is 4.65. The molecule has 2 N–H and O–H groups in total. The normalized spacial score (nSPS) is 9.47. The summed E-state index contributed by atoms with van der Waals surface area (Å²) in [4.78, 5) is 25.9. The van der Waals surface area contributed by atoms with Crippen LogP contribution in [0.5, 0.6) is 0 Å². The summed E-state index contributed by atoms with van der Waals surface area (Å²) in [5, 5.41) is 11.1. The molecule has 0 fully saturated rings. The van der Waals surface area contributed by atoms with Crippen molar-refractivity contribution in [3.8, 4) is 0 Å². The highest BCUT2D eigenvalue weighted by Gasteiger charge is 2.14. The van der Waals surface area contributed by atoms with Crippen LogP contribution < -0.4 is 5.32 Å². The van der Waals surface area contributed by atoms with Gasteiger partial charge >= 0.3 is 12.1 Å². The molecule has 0 radical (unpaired) electrons. The van der Waals surface area contributed by atoms with E-state index in [-0.39, 0.29) is 18.0 Å². The Hall–Kier alpha value is -1.89. The number of halogens is 1. The van der Waals surface area contributed by atoms with Gasteiger partial charge in [-0.3, -0.25) is 5.32 Å². The fraction of sp³-hybridized carbons (Fsp3) is 0.100. The molecular formula is C10H9BrN2O4. The zero-order valence-electron chi connectivity index (χ0n) is 8.64. The lowest BCUT2D eigenvalue weighted by atomic mass is 10.2. The summed E-state index contributed by atoms with van der Waals surface area (Å²) in [6, 6.07) is 2.78. The van der Waals surface area contributed by atoms with Crippen molar-refractivity contribution in [2.75, 3.05) is 11.9 Å². The van der Waals surface area contributed by atoms with Crippen LogP contribution in [0.25, 0.3) is 0 Å². The number of nitrogens with one attached hydrogen (secondary N) is 1. The van der Waals surface area contributed by atoms with Crippen LogP contribution in [-0.2, 0) is 4.74 Å². The Morgan fingerprint density at radius 1 is 1.59 bits per heavy atom. The fourth-order valence-corrected chi connectivity index (χ4v) is 1.28. The van der Waals surface area contributed by atoms with Gasteiger partial charge in [-0.05, 0) is 28.1 Å². The molecule has 7 heteroatoms. The first-order valence-electron chi connectivity index (χ1n) is 4.49. The summed E-state index contributed by atoms with van der Waals surface area (Å²) < 4.78 is 5.06. The van der Waals surface area contributed by atoms with E-state index in [1.165, 1.54) is 18.2 Å². The van der Waals surface area contributed by atoms with Gasteiger partial charge in [-0.25, -0.2) is 14.6 Å². The van der Waals surface area contributed by atoms with E-state index in [9.17, 15) is 9.59 Å². The third kappa shape index (κ3) is 3.87. The summed E-state index contributed by atoms with van der Waals surface area (Å²) in [6.07, 6.45) is 0.601. The van der Waals surface area contributed by atoms with Crippen molar-refractivity contribution in [3.63, 3.8) is 0 Å². The number of carbonyl (C=O) groups is 2. The van der Waals surface area contributed by atoms with Crippen LogP contribution in [0, 0.1) is 0 Å². The summed E-state index contributed by atoms with van der Waals surface area (Å²) in [5.74, 6) is -1.27. The molecule has 1 rings (SSSR count). The Morgan fingerprint density at radius 2 is 2.29 bits per heavy atom. The van der Waals surface area contributed by atoms with E-state index >= 15 is 0 Å². The van der Waals surface area contributed by atoms with E-state index in [1.807, 2.05) is 0 Å². The average molecular weight is 301 g/mol. The monoisotopic (exact) mass is 300 g/mol. The second kappa shape index (κ2) is 6.00. The van der Waals surface area contributed by atoms with Crippen LogP contribution in [0.2, 0.25) is 0 Å². The van der Waals surface area contributed by atoms with Crippen LogP contribution in [0.1, 0.15) is 10.4 Å². The molecular weight excluding hydrogens is 292 g/mol. The smallest absolute Gasteiger partial charge is 0.413 e. The van der Waals surface area contributed by atoms with Crippen LogP contribution in [-0.4, -0.2) is 28.8 Å². The minimum Gasteiger partial charge on any atom is -0.478 e. The first kappa shape index (κ1) is 13.2. The summed E-state index contributed by atoms with van der Waals surface area (Å²) in [6.45, 7) is 3.41. The molecule has 1 aromatic rings. The number of carboxylic acids is 1. The second-order valence-corrected chi connectivity index (χ2v) is 3.66. The number of aromatic nitrogens is 1. The topological polar surface area (TPSA) is 88.5 Å². The quantitative estimate of drug-likeness (QED) is 0.658. The predicted octanol–water partition coefficient (Wildman–Crippen LogP) is 2.28. The first-order chi connectivity index (χ1) is 8.04. The van der Waals surface area contributed by atoms with Gasteiger partial charge in [0.25, 0.3) is 0 Å². The predicted molar refractivity (Wildman–Crippen MR) is 64.1 cm³/mol. The van der Waals surface area contributed by atoms with Gasteiger partial charge in [-0.15, -0.1) is 0 Å². The number of rotatable bonds is 4. The standard InChI is InChI=1S/C10H9BrN2O4/c1-2-5-17-10(16)13-8-6(9(14)15)3-4-7(11)12-8/h2-4H,1,5H2,(H,14,15)(H,12,13,16). The molecule has 1 heterocycles. The molecule has 0 aliphatic heterocycles. The summed E-state index contributed by atoms with van der Waals surface area (Å²) in [5.41, 5.74) is -0.122. The Morgan fingerprint density at radius 3 is 2.88 bits per heavy atom.